The molecule has 1 atom stereocenters. The van der Waals surface area contributed by atoms with Crippen LogP contribution in [-0.4, -0.2) is 25.5 Å². The highest BCUT2D eigenvalue weighted by Crippen LogP contribution is 2.32. The lowest BCUT2D eigenvalue weighted by atomic mass is 10.1. The first kappa shape index (κ1) is 18.7. The van der Waals surface area contributed by atoms with Gasteiger partial charge in [-0.25, -0.2) is 13.2 Å². The summed E-state index contributed by atoms with van der Waals surface area (Å²) in [7, 11) is -3.47. The molecule has 2 aromatic carbocycles. The predicted octanol–water partition coefficient (Wildman–Crippen LogP) is 4.51. The average Bonchev–Trinajstić information content (AvgIpc) is 2.59. The molecule has 1 aliphatic rings. The number of hydrogen-bond donors (Lipinski definition) is 1. The van der Waals surface area contributed by atoms with E-state index in [1.165, 1.54) is 18.2 Å². The Morgan fingerprint density at radius 2 is 1.81 bits per heavy atom. The quantitative estimate of drug-likeness (QED) is 0.580. The zero-order valence-electron chi connectivity index (χ0n) is 13.6. The molecule has 1 unspecified atom stereocenters. The topological polar surface area (TPSA) is 84.8 Å². The van der Waals surface area contributed by atoms with Gasteiger partial charge in [0.1, 0.15) is 0 Å². The maximum Gasteiger partial charge on any atom is 0.437 e. The minimum absolute atomic E-state index is 0.115. The van der Waals surface area contributed by atoms with Gasteiger partial charge in [-0.05, 0) is 49.4 Å². The molecule has 1 N–H and O–H groups in total. The van der Waals surface area contributed by atoms with Gasteiger partial charge in [-0.15, -0.1) is 0 Å². The second kappa shape index (κ2) is 7.26. The van der Waals surface area contributed by atoms with E-state index in [4.69, 9.17) is 28.0 Å². The summed E-state index contributed by atoms with van der Waals surface area (Å²) in [4.78, 5) is 16.9. The van der Waals surface area contributed by atoms with E-state index < -0.39 is 21.2 Å². The van der Waals surface area contributed by atoms with Crippen LogP contribution >= 0.6 is 23.2 Å². The van der Waals surface area contributed by atoms with E-state index in [0.29, 0.717) is 27.0 Å². The van der Waals surface area contributed by atoms with Gasteiger partial charge >= 0.3 is 6.09 Å². The van der Waals surface area contributed by atoms with Gasteiger partial charge in [0.15, 0.2) is 9.84 Å². The Kier molecular flexibility index (Phi) is 5.22. The van der Waals surface area contributed by atoms with Crippen LogP contribution in [0.4, 0.5) is 10.5 Å². The van der Waals surface area contributed by atoms with Crippen LogP contribution in [0.3, 0.4) is 0 Å². The van der Waals surface area contributed by atoms with Crippen LogP contribution in [0.5, 0.6) is 0 Å². The maximum atomic E-state index is 12.4. The molecule has 2 aromatic rings. The van der Waals surface area contributed by atoms with E-state index in [2.05, 4.69) is 10.5 Å². The number of fused-ring (bicyclic) bond motifs is 1. The van der Waals surface area contributed by atoms with Gasteiger partial charge in [-0.2, -0.15) is 0 Å². The fourth-order valence-electron chi connectivity index (χ4n) is 2.54. The number of carbonyl (C=O) groups excluding carboxylic acids is 1. The number of oxime groups is 1. The molecule has 1 heterocycles. The molecular weight excluding hydrogens is 399 g/mol. The molecule has 0 fully saturated rings. The Balaban J connectivity index is 1.83. The van der Waals surface area contributed by atoms with Crippen LogP contribution in [0.25, 0.3) is 0 Å². The first-order valence-corrected chi connectivity index (χ1v) is 9.92. The maximum absolute atomic E-state index is 12.4. The number of carbonyl (C=O) groups is 1. The first-order chi connectivity index (χ1) is 12.3. The van der Waals surface area contributed by atoms with Crippen LogP contribution in [-0.2, 0) is 14.7 Å². The van der Waals surface area contributed by atoms with E-state index in [1.807, 2.05) is 0 Å². The largest absolute Gasteiger partial charge is 0.437 e. The minimum atomic E-state index is -3.47. The number of sulfone groups is 1. The molecular formula is C17H14Cl2N2O4S. The standard InChI is InChI=1S/C17H14Cl2N2O4S/c1-10-8-15(14-9-12(19)4-7-16(14)26(10,23)24)21-25-17(22)20-13-5-2-11(18)3-6-13/h2-7,9-10H,8H2,1H3,(H,20,22)/b21-15-. The molecule has 0 radical (unpaired) electrons. The SMILES string of the molecule is CC1C/C(=N/OC(=O)Nc2ccc(Cl)cc2)c2cc(Cl)ccc2S1(=O)=O. The highest BCUT2D eigenvalue weighted by molar-refractivity contribution is 7.92. The van der Waals surface area contributed by atoms with Crippen molar-refractivity contribution in [2.45, 2.75) is 23.5 Å². The molecule has 0 aromatic heterocycles. The Morgan fingerprint density at radius 1 is 1.15 bits per heavy atom. The third-order valence-electron chi connectivity index (χ3n) is 3.90. The van der Waals surface area contributed by atoms with Crippen molar-refractivity contribution in [3.8, 4) is 0 Å². The van der Waals surface area contributed by atoms with Crippen LogP contribution in [0.15, 0.2) is 52.5 Å². The second-order valence-electron chi connectivity index (χ2n) is 5.75. The first-order valence-electron chi connectivity index (χ1n) is 7.61. The number of benzene rings is 2. The number of anilines is 1. The van der Waals surface area contributed by atoms with Gasteiger partial charge in [0.2, 0.25) is 0 Å². The lowest BCUT2D eigenvalue weighted by molar-refractivity contribution is 0.166. The zero-order chi connectivity index (χ0) is 18.9. The number of nitrogens with one attached hydrogen (secondary N) is 1. The van der Waals surface area contributed by atoms with Crippen molar-refractivity contribution in [1.82, 2.24) is 0 Å². The van der Waals surface area contributed by atoms with Crippen molar-refractivity contribution < 1.29 is 18.0 Å². The van der Waals surface area contributed by atoms with Crippen molar-refractivity contribution in [2.24, 2.45) is 5.16 Å². The van der Waals surface area contributed by atoms with Crippen molar-refractivity contribution in [2.75, 3.05) is 5.32 Å². The highest BCUT2D eigenvalue weighted by Gasteiger charge is 2.34. The number of amides is 1. The lowest BCUT2D eigenvalue weighted by Crippen LogP contribution is -2.30. The summed E-state index contributed by atoms with van der Waals surface area (Å²) >= 11 is 11.8. The monoisotopic (exact) mass is 412 g/mol. The molecule has 26 heavy (non-hydrogen) atoms. The number of halogens is 2. The van der Waals surface area contributed by atoms with Crippen molar-refractivity contribution in [3.63, 3.8) is 0 Å². The van der Waals surface area contributed by atoms with E-state index in [1.54, 1.807) is 31.2 Å². The van der Waals surface area contributed by atoms with Crippen LogP contribution in [0, 0.1) is 0 Å². The summed E-state index contributed by atoms with van der Waals surface area (Å²) in [5.41, 5.74) is 1.17. The summed E-state index contributed by atoms with van der Waals surface area (Å²) in [6.45, 7) is 1.58. The molecule has 0 spiro atoms. The molecule has 0 saturated carbocycles. The molecule has 1 aliphatic heterocycles. The molecule has 0 aliphatic carbocycles. The zero-order valence-corrected chi connectivity index (χ0v) is 15.9. The molecule has 6 nitrogen and oxygen atoms in total. The minimum Gasteiger partial charge on any atom is -0.297 e. The fourth-order valence-corrected chi connectivity index (χ4v) is 4.39. The van der Waals surface area contributed by atoms with Gasteiger partial charge in [0, 0.05) is 27.7 Å². The van der Waals surface area contributed by atoms with E-state index >= 15 is 0 Å². The molecule has 9 heteroatoms. The van der Waals surface area contributed by atoms with E-state index in [-0.39, 0.29) is 11.3 Å². The Bertz CT molecular complexity index is 988. The molecule has 0 saturated heterocycles. The Hall–Kier alpha value is -2.09. The summed E-state index contributed by atoms with van der Waals surface area (Å²) < 4.78 is 24.9. The number of rotatable bonds is 2. The molecule has 3 rings (SSSR count). The summed E-state index contributed by atoms with van der Waals surface area (Å²) in [6.07, 6.45) is -0.686. The van der Waals surface area contributed by atoms with Crippen molar-refractivity contribution in [1.29, 1.82) is 0 Å². The predicted molar refractivity (Wildman–Crippen MR) is 101 cm³/mol. The van der Waals surface area contributed by atoms with Crippen molar-refractivity contribution >= 4 is 50.5 Å². The number of hydrogen-bond acceptors (Lipinski definition) is 5. The highest BCUT2D eigenvalue weighted by atomic mass is 35.5. The van der Waals surface area contributed by atoms with Gasteiger partial charge in [0.05, 0.1) is 15.9 Å². The van der Waals surface area contributed by atoms with Gasteiger partial charge in [0.25, 0.3) is 0 Å². The Labute approximate surface area is 160 Å². The normalized spacial score (nSPS) is 19.7. The van der Waals surface area contributed by atoms with Gasteiger partial charge in [-0.1, -0.05) is 28.4 Å². The van der Waals surface area contributed by atoms with E-state index in [9.17, 15) is 13.2 Å². The third-order valence-corrected chi connectivity index (χ3v) is 6.58. The summed E-state index contributed by atoms with van der Waals surface area (Å²) in [5.74, 6) is 0. The summed E-state index contributed by atoms with van der Waals surface area (Å²) in [5, 5.41) is 6.57. The van der Waals surface area contributed by atoms with Crippen LogP contribution in [0.1, 0.15) is 18.9 Å². The molecule has 0 bridgehead atoms. The third kappa shape index (κ3) is 3.85. The summed E-state index contributed by atoms with van der Waals surface area (Å²) in [6, 6.07) is 10.9. The van der Waals surface area contributed by atoms with Gasteiger partial charge in [-0.3, -0.25) is 10.2 Å². The van der Waals surface area contributed by atoms with Crippen LogP contribution < -0.4 is 5.32 Å². The lowest BCUT2D eigenvalue weighted by Gasteiger charge is -2.23. The molecule has 136 valence electrons. The molecule has 1 amide bonds. The van der Waals surface area contributed by atoms with Crippen molar-refractivity contribution in [3.05, 3.63) is 58.1 Å². The van der Waals surface area contributed by atoms with Crippen LogP contribution in [0.2, 0.25) is 10.0 Å². The smallest absolute Gasteiger partial charge is 0.297 e. The number of nitrogens with zero attached hydrogens (tertiary/aromatic N) is 1. The average molecular weight is 413 g/mol. The van der Waals surface area contributed by atoms with Gasteiger partial charge < -0.3 is 0 Å². The second-order valence-corrected chi connectivity index (χ2v) is 8.96. The Morgan fingerprint density at radius 3 is 2.50 bits per heavy atom. The fraction of sp³-hybridized carbons (Fsp3) is 0.176. The van der Waals surface area contributed by atoms with E-state index in [0.717, 1.165) is 0 Å².